The molecule has 1 aliphatic heterocycles. The second kappa shape index (κ2) is 5.06. The topological polar surface area (TPSA) is 70.6 Å². The van der Waals surface area contributed by atoms with Crippen LogP contribution < -0.4 is 4.90 Å². The SMILES string of the molecule is N#CC1CCCN(c2cc(-n3ccnc3)ncn2)C1. The Balaban J connectivity index is 1.85. The average Bonchev–Trinajstić information content (AvgIpc) is 3.02. The van der Waals surface area contributed by atoms with Gasteiger partial charge >= 0.3 is 0 Å². The van der Waals surface area contributed by atoms with E-state index in [1.807, 2.05) is 16.8 Å². The van der Waals surface area contributed by atoms with Crippen molar-refractivity contribution in [3.05, 3.63) is 31.1 Å². The van der Waals surface area contributed by atoms with Crippen LogP contribution in [0.5, 0.6) is 0 Å². The minimum atomic E-state index is 0.0976. The molecule has 3 rings (SSSR count). The normalized spacial score (nSPS) is 19.1. The number of piperidine rings is 1. The summed E-state index contributed by atoms with van der Waals surface area (Å²) in [7, 11) is 0. The molecule has 0 bridgehead atoms. The lowest BCUT2D eigenvalue weighted by Gasteiger charge is -2.30. The fourth-order valence-corrected chi connectivity index (χ4v) is 2.34. The summed E-state index contributed by atoms with van der Waals surface area (Å²) in [5.41, 5.74) is 0. The molecule has 1 unspecified atom stereocenters. The number of imidazole rings is 1. The van der Waals surface area contributed by atoms with E-state index in [2.05, 4.69) is 25.9 Å². The molecule has 0 radical (unpaired) electrons. The minimum absolute atomic E-state index is 0.0976. The fourth-order valence-electron chi connectivity index (χ4n) is 2.34. The van der Waals surface area contributed by atoms with E-state index in [1.165, 1.54) is 0 Å². The van der Waals surface area contributed by atoms with Crippen molar-refractivity contribution in [2.24, 2.45) is 5.92 Å². The highest BCUT2D eigenvalue weighted by Gasteiger charge is 2.20. The lowest BCUT2D eigenvalue weighted by atomic mass is 10.00. The largest absolute Gasteiger partial charge is 0.355 e. The molecule has 6 heteroatoms. The number of nitriles is 1. The average molecular weight is 254 g/mol. The first-order valence-electron chi connectivity index (χ1n) is 6.32. The molecule has 19 heavy (non-hydrogen) atoms. The van der Waals surface area contributed by atoms with Gasteiger partial charge in [0.25, 0.3) is 0 Å². The lowest BCUT2D eigenvalue weighted by Crippen LogP contribution is -2.35. The Hall–Kier alpha value is -2.42. The molecule has 0 aromatic carbocycles. The van der Waals surface area contributed by atoms with Crippen molar-refractivity contribution in [1.82, 2.24) is 19.5 Å². The van der Waals surface area contributed by atoms with E-state index in [4.69, 9.17) is 5.26 Å². The van der Waals surface area contributed by atoms with E-state index < -0.39 is 0 Å². The molecule has 96 valence electrons. The van der Waals surface area contributed by atoms with Gasteiger partial charge in [0.2, 0.25) is 0 Å². The summed E-state index contributed by atoms with van der Waals surface area (Å²) >= 11 is 0. The fraction of sp³-hybridized carbons (Fsp3) is 0.385. The standard InChI is InChI=1S/C13H14N6/c14-7-11-2-1-4-18(8-11)12-6-13(17-9-16-12)19-5-3-15-10-19/h3,5-6,9-11H,1-2,4,8H2. The van der Waals surface area contributed by atoms with Crippen LogP contribution in [0, 0.1) is 17.2 Å². The van der Waals surface area contributed by atoms with E-state index in [1.54, 1.807) is 18.9 Å². The first kappa shape index (κ1) is 11.7. The summed E-state index contributed by atoms with van der Waals surface area (Å²) in [6.45, 7) is 1.69. The summed E-state index contributed by atoms with van der Waals surface area (Å²) < 4.78 is 1.84. The molecule has 6 nitrogen and oxygen atoms in total. The molecule has 3 heterocycles. The molecular formula is C13H14N6. The van der Waals surface area contributed by atoms with Crippen molar-refractivity contribution in [3.63, 3.8) is 0 Å². The maximum Gasteiger partial charge on any atom is 0.143 e. The predicted molar refractivity (Wildman–Crippen MR) is 69.7 cm³/mol. The highest BCUT2D eigenvalue weighted by Crippen LogP contribution is 2.21. The van der Waals surface area contributed by atoms with Crippen molar-refractivity contribution in [2.45, 2.75) is 12.8 Å². The first-order chi connectivity index (χ1) is 9.36. The van der Waals surface area contributed by atoms with E-state index >= 15 is 0 Å². The van der Waals surface area contributed by atoms with E-state index in [9.17, 15) is 0 Å². The molecule has 1 atom stereocenters. The van der Waals surface area contributed by atoms with Crippen LogP contribution in [0.1, 0.15) is 12.8 Å². The van der Waals surface area contributed by atoms with Crippen molar-refractivity contribution in [3.8, 4) is 11.9 Å². The third-order valence-corrected chi connectivity index (χ3v) is 3.34. The number of aromatic nitrogens is 4. The Morgan fingerprint density at radius 3 is 3.00 bits per heavy atom. The van der Waals surface area contributed by atoms with E-state index in [-0.39, 0.29) is 5.92 Å². The van der Waals surface area contributed by atoms with Crippen LogP contribution in [0.3, 0.4) is 0 Å². The van der Waals surface area contributed by atoms with Gasteiger partial charge in [-0.2, -0.15) is 5.26 Å². The van der Waals surface area contributed by atoms with Gasteiger partial charge in [-0.25, -0.2) is 15.0 Å². The quantitative estimate of drug-likeness (QED) is 0.810. The number of anilines is 1. The molecule has 0 amide bonds. The second-order valence-corrected chi connectivity index (χ2v) is 4.62. The third-order valence-electron chi connectivity index (χ3n) is 3.34. The van der Waals surface area contributed by atoms with Gasteiger partial charge in [0, 0.05) is 31.5 Å². The van der Waals surface area contributed by atoms with Gasteiger partial charge in [-0.15, -0.1) is 0 Å². The zero-order valence-electron chi connectivity index (χ0n) is 10.5. The smallest absolute Gasteiger partial charge is 0.143 e. The highest BCUT2D eigenvalue weighted by atomic mass is 15.2. The van der Waals surface area contributed by atoms with Gasteiger partial charge in [0.05, 0.1) is 12.0 Å². The summed E-state index contributed by atoms with van der Waals surface area (Å²) in [6, 6.07) is 4.28. The number of hydrogen-bond donors (Lipinski definition) is 0. The highest BCUT2D eigenvalue weighted by molar-refractivity contribution is 5.44. The Morgan fingerprint density at radius 1 is 1.32 bits per heavy atom. The van der Waals surface area contributed by atoms with Crippen LogP contribution in [0.15, 0.2) is 31.1 Å². The van der Waals surface area contributed by atoms with Crippen molar-refractivity contribution >= 4 is 5.82 Å². The second-order valence-electron chi connectivity index (χ2n) is 4.62. The Labute approximate surface area is 111 Å². The number of rotatable bonds is 2. The summed E-state index contributed by atoms with van der Waals surface area (Å²) in [5, 5.41) is 9.04. The van der Waals surface area contributed by atoms with Crippen LogP contribution in [-0.2, 0) is 0 Å². The molecule has 1 saturated heterocycles. The molecule has 1 aliphatic rings. The maximum atomic E-state index is 9.04. The Morgan fingerprint density at radius 2 is 2.21 bits per heavy atom. The zero-order valence-corrected chi connectivity index (χ0v) is 10.5. The van der Waals surface area contributed by atoms with Gasteiger partial charge < -0.3 is 4.90 Å². The van der Waals surface area contributed by atoms with Crippen LogP contribution in [0.2, 0.25) is 0 Å². The van der Waals surface area contributed by atoms with Gasteiger partial charge in [-0.1, -0.05) is 0 Å². The minimum Gasteiger partial charge on any atom is -0.355 e. The molecule has 0 aliphatic carbocycles. The Bertz CT molecular complexity index is 585. The van der Waals surface area contributed by atoms with Gasteiger partial charge in [-0.3, -0.25) is 4.57 Å². The Kier molecular flexibility index (Phi) is 3.11. The van der Waals surface area contributed by atoms with Gasteiger partial charge in [-0.05, 0) is 12.8 Å². The molecule has 0 spiro atoms. The summed E-state index contributed by atoms with van der Waals surface area (Å²) in [4.78, 5) is 14.7. The van der Waals surface area contributed by atoms with Crippen LogP contribution in [0.25, 0.3) is 5.82 Å². The monoisotopic (exact) mass is 254 g/mol. The third kappa shape index (κ3) is 2.40. The van der Waals surface area contributed by atoms with Crippen molar-refractivity contribution in [2.75, 3.05) is 18.0 Å². The molecule has 1 fully saturated rings. The number of hydrogen-bond acceptors (Lipinski definition) is 5. The summed E-state index contributed by atoms with van der Waals surface area (Å²) in [6.07, 6.45) is 8.84. The van der Waals surface area contributed by atoms with Crippen molar-refractivity contribution < 1.29 is 0 Å². The van der Waals surface area contributed by atoms with Gasteiger partial charge in [0.1, 0.15) is 24.3 Å². The van der Waals surface area contributed by atoms with Crippen LogP contribution in [0.4, 0.5) is 5.82 Å². The van der Waals surface area contributed by atoms with Crippen LogP contribution in [-0.4, -0.2) is 32.6 Å². The van der Waals surface area contributed by atoms with Crippen LogP contribution >= 0.6 is 0 Å². The van der Waals surface area contributed by atoms with Gasteiger partial charge in [0.15, 0.2) is 0 Å². The number of nitrogens with zero attached hydrogens (tertiary/aromatic N) is 6. The first-order valence-corrected chi connectivity index (χ1v) is 6.32. The van der Waals surface area contributed by atoms with E-state index in [0.717, 1.165) is 37.6 Å². The van der Waals surface area contributed by atoms with E-state index in [0.29, 0.717) is 0 Å². The predicted octanol–water partition coefficient (Wildman–Crippen LogP) is 1.40. The molecule has 2 aromatic heterocycles. The molecular weight excluding hydrogens is 240 g/mol. The maximum absolute atomic E-state index is 9.04. The lowest BCUT2D eigenvalue weighted by molar-refractivity contribution is 0.490. The zero-order chi connectivity index (χ0) is 13.1. The molecule has 0 saturated carbocycles. The summed E-state index contributed by atoms with van der Waals surface area (Å²) in [5.74, 6) is 1.76. The molecule has 0 N–H and O–H groups in total. The molecule has 2 aromatic rings. The van der Waals surface area contributed by atoms with Crippen molar-refractivity contribution in [1.29, 1.82) is 5.26 Å².